The Hall–Kier alpha value is -2.21. The van der Waals surface area contributed by atoms with Gasteiger partial charge in [-0.05, 0) is 25.3 Å². The van der Waals surface area contributed by atoms with Crippen molar-refractivity contribution < 1.29 is 9.59 Å². The molecule has 0 radical (unpaired) electrons. The number of aryl methyl sites for hydroxylation is 2. The van der Waals surface area contributed by atoms with Crippen molar-refractivity contribution in [2.75, 3.05) is 13.1 Å². The summed E-state index contributed by atoms with van der Waals surface area (Å²) < 4.78 is 0. The smallest absolute Gasteiger partial charge is 0.265 e. The van der Waals surface area contributed by atoms with Gasteiger partial charge in [-0.15, -0.1) is 11.3 Å². The van der Waals surface area contributed by atoms with E-state index in [4.69, 9.17) is 0 Å². The van der Waals surface area contributed by atoms with Crippen LogP contribution in [-0.2, 0) is 17.8 Å². The molecule has 27 heavy (non-hydrogen) atoms. The quantitative estimate of drug-likeness (QED) is 0.789. The Labute approximate surface area is 165 Å². The molecule has 1 saturated heterocycles. The Balaban J connectivity index is 1.80. The Kier molecular flexibility index (Phi) is 6.26. The zero-order valence-electron chi connectivity index (χ0n) is 16.3. The second kappa shape index (κ2) is 8.65. The van der Waals surface area contributed by atoms with Crippen LogP contribution in [0.3, 0.4) is 0 Å². The third-order valence-electron chi connectivity index (χ3n) is 5.08. The first kappa shape index (κ1) is 19.5. The van der Waals surface area contributed by atoms with Crippen molar-refractivity contribution in [3.63, 3.8) is 0 Å². The lowest BCUT2D eigenvalue weighted by molar-refractivity contribution is -0.133. The number of hydrogen-bond acceptors (Lipinski definition) is 4. The summed E-state index contributed by atoms with van der Waals surface area (Å²) in [6.45, 7) is 7.68. The number of rotatable bonds is 5. The SMILES string of the molecule is CCc1nc(C)sc1C(=O)N1CCC(=O)N(Cc2ccccc2)C(CC)C1. The highest BCUT2D eigenvalue weighted by Gasteiger charge is 2.32. The summed E-state index contributed by atoms with van der Waals surface area (Å²) in [6, 6.07) is 10.1. The monoisotopic (exact) mass is 385 g/mol. The number of nitrogens with zero attached hydrogens (tertiary/aromatic N) is 3. The molecule has 0 N–H and O–H groups in total. The Bertz CT molecular complexity index is 803. The lowest BCUT2D eigenvalue weighted by atomic mass is 10.1. The van der Waals surface area contributed by atoms with Crippen LogP contribution < -0.4 is 0 Å². The first-order valence-corrected chi connectivity index (χ1v) is 10.4. The fraction of sp³-hybridized carbons (Fsp3) is 0.476. The number of carbonyl (C=O) groups excluding carboxylic acids is 2. The van der Waals surface area contributed by atoms with Gasteiger partial charge in [0.25, 0.3) is 5.91 Å². The molecule has 0 saturated carbocycles. The van der Waals surface area contributed by atoms with E-state index < -0.39 is 0 Å². The fourth-order valence-corrected chi connectivity index (χ4v) is 4.55. The maximum atomic E-state index is 13.1. The molecule has 3 rings (SSSR count). The van der Waals surface area contributed by atoms with Gasteiger partial charge in [-0.2, -0.15) is 0 Å². The highest BCUT2D eigenvalue weighted by Crippen LogP contribution is 2.24. The highest BCUT2D eigenvalue weighted by molar-refractivity contribution is 7.13. The van der Waals surface area contributed by atoms with Gasteiger partial charge in [0.1, 0.15) is 4.88 Å². The van der Waals surface area contributed by atoms with Gasteiger partial charge >= 0.3 is 0 Å². The molecule has 1 unspecified atom stereocenters. The largest absolute Gasteiger partial charge is 0.335 e. The zero-order chi connectivity index (χ0) is 19.4. The van der Waals surface area contributed by atoms with E-state index in [2.05, 4.69) is 11.9 Å². The number of carbonyl (C=O) groups is 2. The van der Waals surface area contributed by atoms with Crippen LogP contribution >= 0.6 is 11.3 Å². The van der Waals surface area contributed by atoms with E-state index in [1.165, 1.54) is 11.3 Å². The molecule has 5 nitrogen and oxygen atoms in total. The van der Waals surface area contributed by atoms with Crippen molar-refractivity contribution >= 4 is 23.2 Å². The molecule has 1 aromatic heterocycles. The van der Waals surface area contributed by atoms with Crippen molar-refractivity contribution in [2.24, 2.45) is 0 Å². The summed E-state index contributed by atoms with van der Waals surface area (Å²) in [7, 11) is 0. The summed E-state index contributed by atoms with van der Waals surface area (Å²) in [5, 5.41) is 0.916. The summed E-state index contributed by atoms with van der Waals surface area (Å²) in [5.74, 6) is 0.141. The predicted octanol–water partition coefficient (Wildman–Crippen LogP) is 3.67. The van der Waals surface area contributed by atoms with Crippen LogP contribution in [0.25, 0.3) is 0 Å². The molecule has 144 valence electrons. The summed E-state index contributed by atoms with van der Waals surface area (Å²) in [6.07, 6.45) is 1.94. The van der Waals surface area contributed by atoms with E-state index in [0.29, 0.717) is 26.1 Å². The number of thiazole rings is 1. The van der Waals surface area contributed by atoms with E-state index in [0.717, 1.165) is 34.0 Å². The zero-order valence-corrected chi connectivity index (χ0v) is 17.1. The minimum Gasteiger partial charge on any atom is -0.335 e. The molecule has 0 aliphatic carbocycles. The molecular formula is C21H27N3O2S. The van der Waals surface area contributed by atoms with Crippen LogP contribution in [0.1, 0.15) is 52.6 Å². The Morgan fingerprint density at radius 1 is 1.26 bits per heavy atom. The summed E-state index contributed by atoms with van der Waals surface area (Å²) in [5.41, 5.74) is 1.99. The molecule has 6 heteroatoms. The van der Waals surface area contributed by atoms with E-state index in [1.807, 2.05) is 54.0 Å². The second-order valence-corrected chi connectivity index (χ2v) is 8.14. The van der Waals surface area contributed by atoms with Crippen LogP contribution in [0.5, 0.6) is 0 Å². The van der Waals surface area contributed by atoms with Gasteiger partial charge in [-0.3, -0.25) is 9.59 Å². The van der Waals surface area contributed by atoms with E-state index >= 15 is 0 Å². The van der Waals surface area contributed by atoms with Crippen molar-refractivity contribution in [3.05, 3.63) is 51.5 Å². The van der Waals surface area contributed by atoms with Gasteiger partial charge < -0.3 is 9.80 Å². The van der Waals surface area contributed by atoms with Gasteiger partial charge in [0.05, 0.1) is 10.7 Å². The molecular weight excluding hydrogens is 358 g/mol. The van der Waals surface area contributed by atoms with E-state index in [9.17, 15) is 9.59 Å². The van der Waals surface area contributed by atoms with Crippen LogP contribution in [-0.4, -0.2) is 45.7 Å². The van der Waals surface area contributed by atoms with Gasteiger partial charge in [0, 0.05) is 32.1 Å². The van der Waals surface area contributed by atoms with E-state index in [-0.39, 0.29) is 17.9 Å². The van der Waals surface area contributed by atoms with Crippen LogP contribution in [0.4, 0.5) is 0 Å². The third kappa shape index (κ3) is 4.38. The molecule has 1 atom stereocenters. The van der Waals surface area contributed by atoms with Gasteiger partial charge in [0.15, 0.2) is 0 Å². The average molecular weight is 386 g/mol. The highest BCUT2D eigenvalue weighted by atomic mass is 32.1. The van der Waals surface area contributed by atoms with Crippen molar-refractivity contribution in [1.82, 2.24) is 14.8 Å². The van der Waals surface area contributed by atoms with Crippen molar-refractivity contribution in [3.8, 4) is 0 Å². The molecule has 2 heterocycles. The van der Waals surface area contributed by atoms with Gasteiger partial charge in [0.2, 0.25) is 5.91 Å². The second-order valence-electron chi connectivity index (χ2n) is 6.93. The lowest BCUT2D eigenvalue weighted by Crippen LogP contribution is -2.43. The standard InChI is InChI=1S/C21H27N3O2S/c1-4-17-14-23(21(26)20-18(5-2)22-15(3)27-20)12-11-19(25)24(17)13-16-9-7-6-8-10-16/h6-10,17H,4-5,11-14H2,1-3H3. The minimum atomic E-state index is 0.0188. The van der Waals surface area contributed by atoms with Crippen LogP contribution in [0, 0.1) is 6.92 Å². The summed E-state index contributed by atoms with van der Waals surface area (Å²) >= 11 is 1.46. The molecule has 1 aliphatic rings. The Morgan fingerprint density at radius 2 is 2.00 bits per heavy atom. The molecule has 0 spiro atoms. The predicted molar refractivity (Wildman–Crippen MR) is 108 cm³/mol. The van der Waals surface area contributed by atoms with Crippen LogP contribution in [0.2, 0.25) is 0 Å². The fourth-order valence-electron chi connectivity index (χ4n) is 3.57. The minimum absolute atomic E-state index is 0.0188. The van der Waals surface area contributed by atoms with Gasteiger partial charge in [-0.25, -0.2) is 4.98 Å². The maximum Gasteiger partial charge on any atom is 0.265 e. The molecule has 2 aromatic rings. The Morgan fingerprint density at radius 3 is 2.67 bits per heavy atom. The first-order valence-electron chi connectivity index (χ1n) is 9.62. The van der Waals surface area contributed by atoms with Crippen molar-refractivity contribution in [1.29, 1.82) is 0 Å². The number of amides is 2. The van der Waals surface area contributed by atoms with Gasteiger partial charge in [-0.1, -0.05) is 44.2 Å². The number of hydrogen-bond donors (Lipinski definition) is 0. The third-order valence-corrected chi connectivity index (χ3v) is 6.08. The average Bonchev–Trinajstić information content (AvgIpc) is 2.99. The normalized spacial score (nSPS) is 17.9. The molecule has 0 bridgehead atoms. The number of aromatic nitrogens is 1. The number of benzene rings is 1. The molecule has 1 aliphatic heterocycles. The molecule has 2 amide bonds. The molecule has 1 aromatic carbocycles. The van der Waals surface area contributed by atoms with Crippen molar-refractivity contribution in [2.45, 2.75) is 52.6 Å². The first-order chi connectivity index (χ1) is 13.0. The lowest BCUT2D eigenvalue weighted by Gasteiger charge is -2.31. The van der Waals surface area contributed by atoms with E-state index in [1.54, 1.807) is 0 Å². The molecule has 1 fully saturated rings. The maximum absolute atomic E-state index is 13.1. The topological polar surface area (TPSA) is 53.5 Å². The van der Waals surface area contributed by atoms with Crippen LogP contribution in [0.15, 0.2) is 30.3 Å². The summed E-state index contributed by atoms with van der Waals surface area (Å²) in [4.78, 5) is 35.0.